The number of rotatable bonds is 4. The minimum absolute atomic E-state index is 0.0926. The van der Waals surface area contributed by atoms with E-state index in [9.17, 15) is 9.59 Å². The van der Waals surface area contributed by atoms with E-state index in [4.69, 9.17) is 9.47 Å². The van der Waals surface area contributed by atoms with E-state index in [1.54, 1.807) is 4.90 Å². The molecule has 3 aliphatic rings. The fraction of sp³-hybridized carbons (Fsp3) is 0.440. The summed E-state index contributed by atoms with van der Waals surface area (Å²) >= 11 is 0. The molecule has 4 atom stereocenters. The second-order valence-electron chi connectivity index (χ2n) is 8.99. The van der Waals surface area contributed by atoms with Gasteiger partial charge in [0.1, 0.15) is 6.04 Å². The summed E-state index contributed by atoms with van der Waals surface area (Å²) < 4.78 is 10.9. The lowest BCUT2D eigenvalue weighted by Gasteiger charge is -2.36. The Kier molecular flexibility index (Phi) is 5.08. The normalized spacial score (nSPS) is 26.6. The number of carbonyl (C=O) groups excluding carboxylic acids is 2. The van der Waals surface area contributed by atoms with E-state index in [0.717, 1.165) is 24.0 Å². The summed E-state index contributed by atoms with van der Waals surface area (Å²) in [6.07, 6.45) is 3.31. The van der Waals surface area contributed by atoms with Crippen molar-refractivity contribution in [1.29, 1.82) is 0 Å². The molecule has 2 heterocycles. The molecule has 1 aliphatic carbocycles. The molecule has 6 nitrogen and oxygen atoms in total. The molecule has 1 N–H and O–H groups in total. The molecule has 2 aromatic rings. The number of carbonyl (C=O) groups is 2. The molecular formula is C25H28N2O4. The summed E-state index contributed by atoms with van der Waals surface area (Å²) in [6, 6.07) is 12.6. The summed E-state index contributed by atoms with van der Waals surface area (Å²) in [4.78, 5) is 28.4. The molecule has 1 saturated carbocycles. The Morgan fingerprint density at radius 2 is 1.90 bits per heavy atom. The van der Waals surface area contributed by atoms with Crippen molar-refractivity contribution in [3.05, 3.63) is 59.2 Å². The number of fused-ring (bicyclic) bond motifs is 2. The van der Waals surface area contributed by atoms with E-state index in [0.29, 0.717) is 35.4 Å². The van der Waals surface area contributed by atoms with Crippen LogP contribution in [0.3, 0.4) is 0 Å². The third-order valence-electron chi connectivity index (χ3n) is 7.13. The average molecular weight is 421 g/mol. The Labute approximate surface area is 182 Å². The topological polar surface area (TPSA) is 67.9 Å². The number of nitrogens with one attached hydrogen (secondary N) is 1. The first-order valence-corrected chi connectivity index (χ1v) is 11.1. The maximum Gasteiger partial charge on any atom is 0.255 e. The number of hydrogen-bond donors (Lipinski definition) is 1. The largest absolute Gasteiger partial charge is 0.454 e. The van der Waals surface area contributed by atoms with E-state index in [1.165, 1.54) is 6.42 Å². The molecular weight excluding hydrogens is 392 g/mol. The van der Waals surface area contributed by atoms with Gasteiger partial charge in [0.25, 0.3) is 5.91 Å². The van der Waals surface area contributed by atoms with Gasteiger partial charge in [-0.05, 0) is 47.6 Å². The first-order chi connectivity index (χ1) is 15.0. The zero-order valence-electron chi connectivity index (χ0n) is 18.0. The maximum atomic E-state index is 13.5. The van der Waals surface area contributed by atoms with Gasteiger partial charge in [0, 0.05) is 18.2 Å². The lowest BCUT2D eigenvalue weighted by molar-refractivity contribution is -0.127. The van der Waals surface area contributed by atoms with Crippen molar-refractivity contribution in [2.45, 2.75) is 51.7 Å². The van der Waals surface area contributed by atoms with Crippen molar-refractivity contribution in [2.24, 2.45) is 11.8 Å². The third-order valence-corrected chi connectivity index (χ3v) is 7.13. The van der Waals surface area contributed by atoms with Crippen LogP contribution in [-0.2, 0) is 11.3 Å². The minimum atomic E-state index is -0.626. The van der Waals surface area contributed by atoms with Crippen LogP contribution in [-0.4, -0.2) is 29.5 Å². The molecule has 6 heteroatoms. The third kappa shape index (κ3) is 3.54. The predicted octanol–water partition coefficient (Wildman–Crippen LogP) is 4.05. The van der Waals surface area contributed by atoms with Crippen LogP contribution in [0, 0.1) is 11.8 Å². The SMILES string of the molecule is C[C@H]1[C@H](C)CCC[C@@H]1NC(=O)[C@H]1c2ccccc2C(=O)N1Cc1ccc2c(c1)OCO2. The zero-order valence-corrected chi connectivity index (χ0v) is 18.0. The average Bonchev–Trinajstić information content (AvgIpc) is 3.34. The Hall–Kier alpha value is -3.02. The Morgan fingerprint density at radius 1 is 1.10 bits per heavy atom. The first-order valence-electron chi connectivity index (χ1n) is 11.1. The van der Waals surface area contributed by atoms with Gasteiger partial charge in [-0.1, -0.05) is 51.0 Å². The van der Waals surface area contributed by atoms with Gasteiger partial charge >= 0.3 is 0 Å². The Balaban J connectivity index is 1.42. The molecule has 0 aromatic heterocycles. The van der Waals surface area contributed by atoms with Crippen LogP contribution in [0.1, 0.15) is 60.6 Å². The number of amides is 2. The fourth-order valence-electron chi connectivity index (χ4n) is 5.10. The van der Waals surface area contributed by atoms with Crippen molar-refractivity contribution >= 4 is 11.8 Å². The quantitative estimate of drug-likeness (QED) is 0.810. The van der Waals surface area contributed by atoms with Crippen LogP contribution in [0.15, 0.2) is 42.5 Å². The van der Waals surface area contributed by atoms with Crippen LogP contribution in [0.2, 0.25) is 0 Å². The second-order valence-corrected chi connectivity index (χ2v) is 8.99. The molecule has 5 rings (SSSR count). The number of nitrogens with zero attached hydrogens (tertiary/aromatic N) is 1. The molecule has 162 valence electrons. The molecule has 31 heavy (non-hydrogen) atoms. The highest BCUT2D eigenvalue weighted by Crippen LogP contribution is 2.38. The number of hydrogen-bond acceptors (Lipinski definition) is 4. The molecule has 2 amide bonds. The van der Waals surface area contributed by atoms with Gasteiger partial charge < -0.3 is 19.7 Å². The van der Waals surface area contributed by atoms with Crippen LogP contribution >= 0.6 is 0 Å². The lowest BCUT2D eigenvalue weighted by Crippen LogP contribution is -2.48. The highest BCUT2D eigenvalue weighted by Gasteiger charge is 2.42. The van der Waals surface area contributed by atoms with E-state index in [-0.39, 0.29) is 24.6 Å². The van der Waals surface area contributed by atoms with Crippen molar-refractivity contribution in [2.75, 3.05) is 6.79 Å². The van der Waals surface area contributed by atoms with Gasteiger partial charge in [-0.25, -0.2) is 0 Å². The standard InChI is InChI=1S/C25H28N2O4/c1-15-6-5-9-20(16(15)2)26-24(28)23-18-7-3-4-8-19(18)25(29)27(23)13-17-10-11-21-22(12-17)31-14-30-21/h3-4,7-8,10-12,15-16,20,23H,5-6,9,13-14H2,1-2H3,(H,26,28)/t15-,16+,20+,23-/m1/s1. The lowest BCUT2D eigenvalue weighted by atomic mass is 9.78. The fourth-order valence-corrected chi connectivity index (χ4v) is 5.10. The first kappa shape index (κ1) is 19.9. The Morgan fingerprint density at radius 3 is 2.77 bits per heavy atom. The Bertz CT molecular complexity index is 1020. The van der Waals surface area contributed by atoms with E-state index < -0.39 is 6.04 Å². The molecule has 0 unspecified atom stereocenters. The van der Waals surface area contributed by atoms with Crippen LogP contribution in [0.5, 0.6) is 11.5 Å². The monoisotopic (exact) mass is 420 g/mol. The van der Waals surface area contributed by atoms with Crippen LogP contribution in [0.25, 0.3) is 0 Å². The highest BCUT2D eigenvalue weighted by atomic mass is 16.7. The molecule has 2 aromatic carbocycles. The van der Waals surface area contributed by atoms with Crippen LogP contribution < -0.4 is 14.8 Å². The summed E-state index contributed by atoms with van der Waals surface area (Å²) in [7, 11) is 0. The molecule has 0 bridgehead atoms. The smallest absolute Gasteiger partial charge is 0.255 e. The maximum absolute atomic E-state index is 13.5. The van der Waals surface area contributed by atoms with E-state index in [1.807, 2.05) is 42.5 Å². The van der Waals surface area contributed by atoms with Gasteiger partial charge in [-0.3, -0.25) is 9.59 Å². The van der Waals surface area contributed by atoms with Crippen molar-refractivity contribution < 1.29 is 19.1 Å². The van der Waals surface area contributed by atoms with Gasteiger partial charge in [0.15, 0.2) is 11.5 Å². The van der Waals surface area contributed by atoms with Gasteiger partial charge in [-0.2, -0.15) is 0 Å². The zero-order chi connectivity index (χ0) is 21.5. The molecule has 2 aliphatic heterocycles. The van der Waals surface area contributed by atoms with E-state index in [2.05, 4.69) is 19.2 Å². The van der Waals surface area contributed by atoms with Crippen molar-refractivity contribution in [3.8, 4) is 11.5 Å². The molecule has 0 saturated heterocycles. The summed E-state index contributed by atoms with van der Waals surface area (Å²) in [5.74, 6) is 2.18. The van der Waals surface area contributed by atoms with Gasteiger partial charge in [0.05, 0.1) is 0 Å². The summed E-state index contributed by atoms with van der Waals surface area (Å²) in [6.45, 7) is 5.00. The van der Waals surface area contributed by atoms with E-state index >= 15 is 0 Å². The van der Waals surface area contributed by atoms with Gasteiger partial charge in [0.2, 0.25) is 12.7 Å². The summed E-state index contributed by atoms with van der Waals surface area (Å²) in [5.41, 5.74) is 2.29. The number of ether oxygens (including phenoxy) is 2. The van der Waals surface area contributed by atoms with Crippen molar-refractivity contribution in [3.63, 3.8) is 0 Å². The number of benzene rings is 2. The highest BCUT2D eigenvalue weighted by molar-refractivity contribution is 6.04. The van der Waals surface area contributed by atoms with Crippen LogP contribution in [0.4, 0.5) is 0 Å². The molecule has 0 spiro atoms. The molecule has 0 radical (unpaired) electrons. The second kappa shape index (κ2) is 7.91. The van der Waals surface area contributed by atoms with Gasteiger partial charge in [-0.15, -0.1) is 0 Å². The predicted molar refractivity (Wildman–Crippen MR) is 116 cm³/mol. The summed E-state index contributed by atoms with van der Waals surface area (Å²) in [5, 5.41) is 3.28. The molecule has 1 fully saturated rings. The minimum Gasteiger partial charge on any atom is -0.454 e. The van der Waals surface area contributed by atoms with Crippen molar-refractivity contribution in [1.82, 2.24) is 10.2 Å².